The van der Waals surface area contributed by atoms with E-state index in [-0.39, 0.29) is 5.91 Å². The van der Waals surface area contributed by atoms with Gasteiger partial charge in [-0.1, -0.05) is 13.0 Å². The maximum atomic E-state index is 12.4. The first kappa shape index (κ1) is 16.2. The van der Waals surface area contributed by atoms with Gasteiger partial charge in [0.2, 0.25) is 5.91 Å². The fourth-order valence-corrected chi connectivity index (χ4v) is 2.54. The summed E-state index contributed by atoms with van der Waals surface area (Å²) in [5, 5.41) is 9.86. The van der Waals surface area contributed by atoms with Gasteiger partial charge in [0, 0.05) is 18.8 Å². The summed E-state index contributed by atoms with van der Waals surface area (Å²) in [6.45, 7) is 9.98. The van der Waals surface area contributed by atoms with E-state index in [1.54, 1.807) is 13.8 Å². The molecule has 1 rings (SSSR count). The number of allylic oxidation sites excluding steroid dienone is 2. The Kier molecular flexibility index (Phi) is 6.01. The highest BCUT2D eigenvalue weighted by Gasteiger charge is 2.23. The average Bonchev–Trinajstić information content (AvgIpc) is 2.81. The van der Waals surface area contributed by atoms with Crippen molar-refractivity contribution in [3.8, 4) is 0 Å². The van der Waals surface area contributed by atoms with Crippen molar-refractivity contribution < 1.29 is 9.90 Å². The van der Waals surface area contributed by atoms with E-state index in [0.29, 0.717) is 13.1 Å². The number of hydrogen-bond acceptors (Lipinski definition) is 3. The van der Waals surface area contributed by atoms with Crippen LogP contribution in [-0.2, 0) is 4.79 Å². The molecular formula is C15H28N2O2. The van der Waals surface area contributed by atoms with Gasteiger partial charge < -0.3 is 10.0 Å². The van der Waals surface area contributed by atoms with Gasteiger partial charge in [0.1, 0.15) is 0 Å². The lowest BCUT2D eigenvalue weighted by atomic mass is 10.1. The van der Waals surface area contributed by atoms with Crippen LogP contribution >= 0.6 is 0 Å². The molecule has 0 heterocycles. The second-order valence-corrected chi connectivity index (χ2v) is 5.84. The smallest absolute Gasteiger partial charge is 0.240 e. The SMILES string of the molecule is CCN(CC(=O)N(CC)C1=CCCC1)CC(C)(C)O. The summed E-state index contributed by atoms with van der Waals surface area (Å²) in [4.78, 5) is 16.3. The molecular weight excluding hydrogens is 240 g/mol. The van der Waals surface area contributed by atoms with Gasteiger partial charge >= 0.3 is 0 Å². The molecule has 0 radical (unpaired) electrons. The Hall–Kier alpha value is -0.870. The zero-order chi connectivity index (χ0) is 14.5. The van der Waals surface area contributed by atoms with Crippen LogP contribution in [-0.4, -0.2) is 52.6 Å². The molecule has 0 saturated carbocycles. The molecule has 4 heteroatoms. The number of hydrogen-bond donors (Lipinski definition) is 1. The molecule has 1 N–H and O–H groups in total. The summed E-state index contributed by atoms with van der Waals surface area (Å²) in [5.41, 5.74) is 0.409. The van der Waals surface area contributed by atoms with Gasteiger partial charge in [0.15, 0.2) is 0 Å². The molecule has 0 unspecified atom stereocenters. The van der Waals surface area contributed by atoms with Crippen LogP contribution in [0.4, 0.5) is 0 Å². The first-order valence-electron chi connectivity index (χ1n) is 7.31. The molecule has 0 aromatic heterocycles. The Morgan fingerprint density at radius 1 is 1.37 bits per heavy atom. The number of amides is 1. The standard InChI is InChI=1S/C15H28N2O2/c1-5-16(12-15(3,4)19)11-14(18)17(6-2)13-9-7-8-10-13/h9,19H,5-8,10-12H2,1-4H3. The van der Waals surface area contributed by atoms with Crippen LogP contribution in [0.2, 0.25) is 0 Å². The maximum absolute atomic E-state index is 12.4. The first-order valence-corrected chi connectivity index (χ1v) is 7.31. The highest BCUT2D eigenvalue weighted by molar-refractivity contribution is 5.80. The molecule has 1 amide bonds. The quantitative estimate of drug-likeness (QED) is 0.768. The summed E-state index contributed by atoms with van der Waals surface area (Å²) >= 11 is 0. The Bertz CT molecular complexity index is 332. The molecule has 0 fully saturated rings. The number of rotatable bonds is 7. The molecule has 0 aromatic carbocycles. The monoisotopic (exact) mass is 268 g/mol. The molecule has 0 bridgehead atoms. The van der Waals surface area contributed by atoms with Crippen molar-refractivity contribution in [3.05, 3.63) is 11.8 Å². The lowest BCUT2D eigenvalue weighted by Crippen LogP contribution is -2.45. The Morgan fingerprint density at radius 2 is 2.05 bits per heavy atom. The van der Waals surface area contributed by atoms with E-state index in [4.69, 9.17) is 0 Å². The third kappa shape index (κ3) is 5.33. The predicted molar refractivity (Wildman–Crippen MR) is 77.7 cm³/mol. The fraction of sp³-hybridized carbons (Fsp3) is 0.800. The second kappa shape index (κ2) is 7.06. The number of nitrogens with zero attached hydrogens (tertiary/aromatic N) is 2. The van der Waals surface area contributed by atoms with Gasteiger partial charge in [0.25, 0.3) is 0 Å². The molecule has 110 valence electrons. The first-order chi connectivity index (χ1) is 8.87. The van der Waals surface area contributed by atoms with Crippen molar-refractivity contribution >= 4 is 5.91 Å². The van der Waals surface area contributed by atoms with Gasteiger partial charge in [-0.3, -0.25) is 9.69 Å². The highest BCUT2D eigenvalue weighted by atomic mass is 16.3. The van der Waals surface area contributed by atoms with E-state index in [9.17, 15) is 9.90 Å². The number of carbonyl (C=O) groups is 1. The summed E-state index contributed by atoms with van der Waals surface area (Å²) in [6, 6.07) is 0. The lowest BCUT2D eigenvalue weighted by molar-refractivity contribution is -0.131. The summed E-state index contributed by atoms with van der Waals surface area (Å²) in [7, 11) is 0. The minimum Gasteiger partial charge on any atom is -0.389 e. The Morgan fingerprint density at radius 3 is 2.47 bits per heavy atom. The van der Waals surface area contributed by atoms with Crippen molar-refractivity contribution in [2.75, 3.05) is 26.2 Å². The van der Waals surface area contributed by atoms with Gasteiger partial charge in [0.05, 0.1) is 12.1 Å². The van der Waals surface area contributed by atoms with Gasteiger partial charge in [-0.25, -0.2) is 0 Å². The van der Waals surface area contributed by atoms with E-state index >= 15 is 0 Å². The maximum Gasteiger partial charge on any atom is 0.240 e. The minimum atomic E-state index is -0.764. The van der Waals surface area contributed by atoms with Gasteiger partial charge in [-0.2, -0.15) is 0 Å². The summed E-state index contributed by atoms with van der Waals surface area (Å²) in [5.74, 6) is 0.141. The van der Waals surface area contributed by atoms with E-state index in [2.05, 4.69) is 6.08 Å². The second-order valence-electron chi connectivity index (χ2n) is 5.84. The summed E-state index contributed by atoms with van der Waals surface area (Å²) in [6.07, 6.45) is 5.42. The van der Waals surface area contributed by atoms with Crippen LogP contribution in [0.25, 0.3) is 0 Å². The van der Waals surface area contributed by atoms with E-state index in [0.717, 1.165) is 32.4 Å². The largest absolute Gasteiger partial charge is 0.389 e. The normalized spacial score (nSPS) is 15.8. The van der Waals surface area contributed by atoms with E-state index < -0.39 is 5.60 Å². The molecule has 4 nitrogen and oxygen atoms in total. The van der Waals surface area contributed by atoms with Crippen molar-refractivity contribution in [2.24, 2.45) is 0 Å². The van der Waals surface area contributed by atoms with Crippen molar-refractivity contribution in [1.29, 1.82) is 0 Å². The molecule has 0 aliphatic heterocycles. The van der Waals surface area contributed by atoms with Crippen LogP contribution in [0, 0.1) is 0 Å². The van der Waals surface area contributed by atoms with Crippen LogP contribution in [0.1, 0.15) is 47.0 Å². The minimum absolute atomic E-state index is 0.141. The van der Waals surface area contributed by atoms with Crippen molar-refractivity contribution in [2.45, 2.75) is 52.6 Å². The molecule has 19 heavy (non-hydrogen) atoms. The average molecular weight is 268 g/mol. The Labute approximate surface area is 117 Å². The van der Waals surface area contributed by atoms with Gasteiger partial charge in [-0.05, 0) is 46.6 Å². The number of likely N-dealkylation sites (N-methyl/N-ethyl adjacent to an activating group) is 2. The molecule has 0 aromatic rings. The fourth-order valence-electron chi connectivity index (χ4n) is 2.54. The molecule has 0 saturated heterocycles. The lowest BCUT2D eigenvalue weighted by Gasteiger charge is -2.30. The van der Waals surface area contributed by atoms with E-state index in [1.807, 2.05) is 23.6 Å². The van der Waals surface area contributed by atoms with E-state index in [1.165, 1.54) is 5.70 Å². The molecule has 0 atom stereocenters. The number of carbonyl (C=O) groups excluding carboxylic acids is 1. The Balaban J connectivity index is 2.60. The zero-order valence-corrected chi connectivity index (χ0v) is 12.8. The van der Waals surface area contributed by atoms with Gasteiger partial charge in [-0.15, -0.1) is 0 Å². The number of aliphatic hydroxyl groups is 1. The van der Waals surface area contributed by atoms with Crippen LogP contribution < -0.4 is 0 Å². The van der Waals surface area contributed by atoms with Crippen molar-refractivity contribution in [1.82, 2.24) is 9.80 Å². The molecule has 0 spiro atoms. The zero-order valence-electron chi connectivity index (χ0n) is 12.8. The molecule has 1 aliphatic rings. The van der Waals surface area contributed by atoms with Crippen LogP contribution in [0.3, 0.4) is 0 Å². The third-order valence-electron chi connectivity index (χ3n) is 3.40. The van der Waals surface area contributed by atoms with Crippen molar-refractivity contribution in [3.63, 3.8) is 0 Å². The molecule has 1 aliphatic carbocycles. The van der Waals surface area contributed by atoms with Crippen LogP contribution in [0.15, 0.2) is 11.8 Å². The topological polar surface area (TPSA) is 43.8 Å². The third-order valence-corrected chi connectivity index (χ3v) is 3.40. The highest BCUT2D eigenvalue weighted by Crippen LogP contribution is 2.21. The summed E-state index contributed by atoms with van der Waals surface area (Å²) < 4.78 is 0. The predicted octanol–water partition coefficient (Wildman–Crippen LogP) is 2.00. The van der Waals surface area contributed by atoms with Crippen LogP contribution in [0.5, 0.6) is 0 Å².